The fraction of sp³-hybridized carbons (Fsp3) is 0.143. The molecule has 1 aromatic heterocycles. The number of hydrogen-bond donors (Lipinski definition) is 0. The maximum absolute atomic E-state index is 11.0. The van der Waals surface area contributed by atoms with E-state index in [1.165, 1.54) is 18.3 Å². The molecule has 0 aliphatic rings. The van der Waals surface area contributed by atoms with Gasteiger partial charge < -0.3 is 4.74 Å². The van der Waals surface area contributed by atoms with Crippen LogP contribution in [0.1, 0.15) is 16.8 Å². The highest BCUT2D eigenvalue weighted by Crippen LogP contribution is 2.29. The van der Waals surface area contributed by atoms with Crippen molar-refractivity contribution in [2.75, 3.05) is 0 Å². The number of nitro benzene ring substituents is 1. The number of nitrogens with zero attached hydrogens (tertiary/aromatic N) is 3. The Morgan fingerprint density at radius 1 is 1.33 bits per heavy atom. The fourth-order valence-corrected chi connectivity index (χ4v) is 1.86. The Bertz CT molecular complexity index is 713. The van der Waals surface area contributed by atoms with E-state index >= 15 is 0 Å². The summed E-state index contributed by atoms with van der Waals surface area (Å²) in [7, 11) is 0. The van der Waals surface area contributed by atoms with Gasteiger partial charge in [-0.2, -0.15) is 5.26 Å². The quantitative estimate of drug-likeness (QED) is 0.481. The highest BCUT2D eigenvalue weighted by Gasteiger charge is 2.15. The highest BCUT2D eigenvalue weighted by molar-refractivity contribution is 6.17. The van der Waals surface area contributed by atoms with Crippen molar-refractivity contribution in [2.24, 2.45) is 0 Å². The first-order valence-corrected chi connectivity index (χ1v) is 6.48. The van der Waals surface area contributed by atoms with Crippen LogP contribution in [0.15, 0.2) is 36.5 Å². The van der Waals surface area contributed by atoms with Crippen molar-refractivity contribution in [3.63, 3.8) is 0 Å². The van der Waals surface area contributed by atoms with Crippen LogP contribution in [0, 0.1) is 21.4 Å². The zero-order valence-corrected chi connectivity index (χ0v) is 11.6. The van der Waals surface area contributed by atoms with Gasteiger partial charge in [0.1, 0.15) is 18.4 Å². The lowest BCUT2D eigenvalue weighted by Gasteiger charge is -2.08. The van der Waals surface area contributed by atoms with Crippen LogP contribution in [0.3, 0.4) is 0 Å². The normalized spacial score (nSPS) is 9.90. The predicted octanol–water partition coefficient (Wildman–Crippen LogP) is 3.18. The number of hydrogen-bond acceptors (Lipinski definition) is 5. The van der Waals surface area contributed by atoms with Gasteiger partial charge in [-0.15, -0.1) is 11.6 Å². The predicted molar refractivity (Wildman–Crippen MR) is 75.9 cm³/mol. The number of alkyl halides is 1. The molecule has 0 spiro atoms. The summed E-state index contributed by atoms with van der Waals surface area (Å²) < 4.78 is 5.49. The van der Waals surface area contributed by atoms with Gasteiger partial charge in [0.25, 0.3) is 0 Å². The van der Waals surface area contributed by atoms with E-state index < -0.39 is 4.92 Å². The van der Waals surface area contributed by atoms with Crippen molar-refractivity contribution in [3.8, 4) is 11.8 Å². The molecule has 0 aliphatic heterocycles. The SMILES string of the molecule is N#Cc1cc(COc2cc(CCl)ccc2[N+](=O)[O-])ccn1. The van der Waals surface area contributed by atoms with Gasteiger partial charge in [-0.05, 0) is 29.3 Å². The number of halogens is 1. The van der Waals surface area contributed by atoms with Gasteiger partial charge in [0.2, 0.25) is 0 Å². The second kappa shape index (κ2) is 6.68. The summed E-state index contributed by atoms with van der Waals surface area (Å²) in [6.45, 7) is 0.101. The minimum absolute atomic E-state index is 0.101. The Labute approximate surface area is 125 Å². The van der Waals surface area contributed by atoms with E-state index in [-0.39, 0.29) is 29.6 Å². The fourth-order valence-electron chi connectivity index (χ4n) is 1.69. The lowest BCUT2D eigenvalue weighted by molar-refractivity contribution is -0.386. The minimum atomic E-state index is -0.513. The van der Waals surface area contributed by atoms with Crippen LogP contribution in [0.5, 0.6) is 5.75 Å². The van der Waals surface area contributed by atoms with Gasteiger partial charge in [-0.1, -0.05) is 6.07 Å². The number of ether oxygens (including phenoxy) is 1. The standard InChI is InChI=1S/C14H10ClN3O3/c15-7-10-1-2-13(18(19)20)14(6-10)21-9-11-3-4-17-12(5-11)8-16/h1-6H,7,9H2. The Balaban J connectivity index is 2.22. The molecule has 0 amide bonds. The van der Waals surface area contributed by atoms with Crippen molar-refractivity contribution < 1.29 is 9.66 Å². The van der Waals surface area contributed by atoms with Crippen LogP contribution < -0.4 is 4.74 Å². The molecule has 2 aromatic rings. The average molecular weight is 304 g/mol. The summed E-state index contributed by atoms with van der Waals surface area (Å²) in [6.07, 6.45) is 1.49. The molecule has 6 nitrogen and oxygen atoms in total. The van der Waals surface area contributed by atoms with E-state index in [4.69, 9.17) is 21.6 Å². The average Bonchev–Trinajstić information content (AvgIpc) is 2.52. The zero-order chi connectivity index (χ0) is 15.2. The van der Waals surface area contributed by atoms with Gasteiger partial charge in [0.05, 0.1) is 4.92 Å². The summed E-state index contributed by atoms with van der Waals surface area (Å²) in [4.78, 5) is 14.3. The molecule has 0 saturated heterocycles. The minimum Gasteiger partial charge on any atom is -0.482 e. The third-order valence-electron chi connectivity index (χ3n) is 2.71. The molecule has 0 radical (unpaired) electrons. The maximum atomic E-state index is 11.0. The number of pyridine rings is 1. The molecule has 0 fully saturated rings. The monoisotopic (exact) mass is 303 g/mol. The molecular formula is C14H10ClN3O3. The lowest BCUT2D eigenvalue weighted by Crippen LogP contribution is -2.00. The number of nitro groups is 1. The largest absolute Gasteiger partial charge is 0.482 e. The lowest BCUT2D eigenvalue weighted by atomic mass is 10.2. The summed E-state index contributed by atoms with van der Waals surface area (Å²) in [5.41, 5.74) is 1.57. The van der Waals surface area contributed by atoms with E-state index in [1.807, 2.05) is 6.07 Å². The molecule has 2 rings (SSSR count). The first kappa shape index (κ1) is 14.8. The summed E-state index contributed by atoms with van der Waals surface area (Å²) in [5.74, 6) is 0.385. The molecule has 0 N–H and O–H groups in total. The molecule has 106 valence electrons. The molecule has 0 saturated carbocycles. The van der Waals surface area contributed by atoms with Crippen molar-refractivity contribution in [1.29, 1.82) is 5.26 Å². The van der Waals surface area contributed by atoms with Crippen LogP contribution in [0.4, 0.5) is 5.69 Å². The van der Waals surface area contributed by atoms with Gasteiger partial charge in [0, 0.05) is 18.1 Å². The van der Waals surface area contributed by atoms with E-state index in [0.717, 1.165) is 5.56 Å². The third-order valence-corrected chi connectivity index (χ3v) is 3.02. The maximum Gasteiger partial charge on any atom is 0.310 e. The molecule has 0 aliphatic carbocycles. The van der Waals surface area contributed by atoms with E-state index in [2.05, 4.69) is 4.98 Å². The molecule has 0 unspecified atom stereocenters. The van der Waals surface area contributed by atoms with Crippen LogP contribution in [0.25, 0.3) is 0 Å². The number of nitriles is 1. The summed E-state index contributed by atoms with van der Waals surface area (Å²) in [6, 6.07) is 9.65. The highest BCUT2D eigenvalue weighted by atomic mass is 35.5. The Morgan fingerprint density at radius 2 is 2.14 bits per heavy atom. The van der Waals surface area contributed by atoms with Gasteiger partial charge >= 0.3 is 5.69 Å². The summed E-state index contributed by atoms with van der Waals surface area (Å²) >= 11 is 5.72. The van der Waals surface area contributed by atoms with Crippen molar-refractivity contribution in [2.45, 2.75) is 12.5 Å². The van der Waals surface area contributed by atoms with Crippen molar-refractivity contribution in [3.05, 3.63) is 63.5 Å². The molecule has 0 atom stereocenters. The van der Waals surface area contributed by atoms with E-state index in [1.54, 1.807) is 18.2 Å². The van der Waals surface area contributed by atoms with Crippen molar-refractivity contribution in [1.82, 2.24) is 4.98 Å². The Hall–Kier alpha value is -2.65. The van der Waals surface area contributed by atoms with Crippen molar-refractivity contribution >= 4 is 17.3 Å². The smallest absolute Gasteiger partial charge is 0.310 e. The molecule has 0 bridgehead atoms. The third kappa shape index (κ3) is 3.68. The topological polar surface area (TPSA) is 89.0 Å². The van der Waals surface area contributed by atoms with Crippen LogP contribution in [-0.2, 0) is 12.5 Å². The zero-order valence-electron chi connectivity index (χ0n) is 10.8. The van der Waals surface area contributed by atoms with E-state index in [9.17, 15) is 10.1 Å². The van der Waals surface area contributed by atoms with Gasteiger partial charge in [0.15, 0.2) is 5.75 Å². The number of rotatable bonds is 5. The van der Waals surface area contributed by atoms with Crippen LogP contribution in [0.2, 0.25) is 0 Å². The van der Waals surface area contributed by atoms with E-state index in [0.29, 0.717) is 5.56 Å². The second-order valence-electron chi connectivity index (χ2n) is 4.14. The number of benzene rings is 1. The molecular weight excluding hydrogens is 294 g/mol. The molecule has 1 aromatic carbocycles. The summed E-state index contributed by atoms with van der Waals surface area (Å²) in [5, 5.41) is 19.7. The van der Waals surface area contributed by atoms with Crippen LogP contribution in [-0.4, -0.2) is 9.91 Å². The first-order valence-electron chi connectivity index (χ1n) is 5.95. The molecule has 1 heterocycles. The van der Waals surface area contributed by atoms with Gasteiger partial charge in [-0.3, -0.25) is 10.1 Å². The number of aromatic nitrogens is 1. The molecule has 21 heavy (non-hydrogen) atoms. The Kier molecular flexibility index (Phi) is 4.69. The Morgan fingerprint density at radius 3 is 2.81 bits per heavy atom. The van der Waals surface area contributed by atoms with Crippen LogP contribution >= 0.6 is 11.6 Å². The first-order chi connectivity index (χ1) is 10.1. The second-order valence-corrected chi connectivity index (χ2v) is 4.41. The van der Waals surface area contributed by atoms with Gasteiger partial charge in [-0.25, -0.2) is 4.98 Å². The molecule has 7 heteroatoms.